The third-order valence-electron chi connectivity index (χ3n) is 1.67. The molecular formula is C9H7BrClNO3. The second-order valence-electron chi connectivity index (χ2n) is 2.78. The molecule has 15 heavy (non-hydrogen) atoms. The number of carbonyl (C=O) groups excluding carboxylic acids is 2. The van der Waals surface area contributed by atoms with E-state index in [9.17, 15) is 9.59 Å². The fourth-order valence-electron chi connectivity index (χ4n) is 1.01. The number of hydrogen-bond acceptors (Lipinski definition) is 4. The van der Waals surface area contributed by atoms with Gasteiger partial charge in [-0.15, -0.1) is 0 Å². The van der Waals surface area contributed by atoms with Crippen LogP contribution in [0.15, 0.2) is 4.47 Å². The molecule has 0 radical (unpaired) electrons. The van der Waals surface area contributed by atoms with Crippen molar-refractivity contribution in [2.75, 3.05) is 0 Å². The molecular weight excluding hydrogens is 285 g/mol. The molecule has 0 aliphatic carbocycles. The summed E-state index contributed by atoms with van der Waals surface area (Å²) in [6.45, 7) is 3.40. The van der Waals surface area contributed by atoms with Crippen LogP contribution in [0.5, 0.6) is 5.75 Å². The molecule has 0 N–H and O–H groups in total. The summed E-state index contributed by atoms with van der Waals surface area (Å²) in [7, 11) is 0. The smallest absolute Gasteiger partial charge is 0.376 e. The van der Waals surface area contributed by atoms with Crippen molar-refractivity contribution < 1.29 is 14.3 Å². The van der Waals surface area contributed by atoms with Gasteiger partial charge in [0.15, 0.2) is 5.75 Å². The fraction of sp³-hybridized carbons (Fsp3) is 0.222. The zero-order valence-corrected chi connectivity index (χ0v) is 10.3. The van der Waals surface area contributed by atoms with E-state index in [0.29, 0.717) is 15.9 Å². The molecule has 0 saturated heterocycles. The number of carbonyl (C=O) groups is 2. The lowest BCUT2D eigenvalue weighted by Gasteiger charge is -2.09. The average Bonchev–Trinajstić information content (AvgIpc) is 2.21. The highest BCUT2D eigenvalue weighted by molar-refractivity contribution is 9.10. The summed E-state index contributed by atoms with van der Waals surface area (Å²) in [4.78, 5) is 25.0. The Morgan fingerprint density at radius 2 is 2.07 bits per heavy atom. The number of aromatic nitrogens is 1. The normalized spacial score (nSPS) is 9.87. The second-order valence-corrected chi connectivity index (χ2v) is 3.95. The summed E-state index contributed by atoms with van der Waals surface area (Å²) >= 11 is 9.13. The van der Waals surface area contributed by atoms with Gasteiger partial charge in [-0.3, -0.25) is 9.78 Å². The van der Waals surface area contributed by atoms with Gasteiger partial charge in [-0.2, -0.15) is 0 Å². The lowest BCUT2D eigenvalue weighted by Crippen LogP contribution is -2.11. The Hall–Kier alpha value is -0.940. The molecule has 0 amide bonds. The molecule has 1 heterocycles. The van der Waals surface area contributed by atoms with E-state index < -0.39 is 5.97 Å². The molecule has 0 aliphatic rings. The fourth-order valence-corrected chi connectivity index (χ4v) is 1.59. The van der Waals surface area contributed by atoms with Gasteiger partial charge < -0.3 is 4.74 Å². The maximum atomic E-state index is 10.8. The minimum absolute atomic E-state index is 0.0729. The summed E-state index contributed by atoms with van der Waals surface area (Å²) in [6, 6.07) is 0. The van der Waals surface area contributed by atoms with Crippen LogP contribution >= 0.6 is 27.5 Å². The Morgan fingerprint density at radius 1 is 1.47 bits per heavy atom. The van der Waals surface area contributed by atoms with Crippen LogP contribution < -0.4 is 4.74 Å². The van der Waals surface area contributed by atoms with Gasteiger partial charge >= 0.3 is 5.97 Å². The van der Waals surface area contributed by atoms with Crippen LogP contribution in [-0.2, 0) is 9.59 Å². The highest BCUT2D eigenvalue weighted by atomic mass is 79.9. The van der Waals surface area contributed by atoms with E-state index in [0.717, 1.165) is 0 Å². The molecule has 0 saturated carbocycles. The van der Waals surface area contributed by atoms with Crippen molar-refractivity contribution in [2.24, 2.45) is 0 Å². The molecule has 0 spiro atoms. The third kappa shape index (κ3) is 2.54. The molecule has 4 nitrogen and oxygen atoms in total. The summed E-state index contributed by atoms with van der Waals surface area (Å²) in [5, 5.41) is 0.232. The van der Waals surface area contributed by atoms with E-state index in [1.165, 1.54) is 0 Å². The molecule has 1 rings (SSSR count). The number of rotatable bonds is 2. The molecule has 80 valence electrons. The summed E-state index contributed by atoms with van der Waals surface area (Å²) in [5.41, 5.74) is 1.14. The number of pyridine rings is 1. The van der Waals surface area contributed by atoms with Gasteiger partial charge in [-0.25, -0.2) is 4.79 Å². The molecule has 0 bridgehead atoms. The van der Waals surface area contributed by atoms with Crippen molar-refractivity contribution in [1.29, 1.82) is 0 Å². The van der Waals surface area contributed by atoms with Crippen LogP contribution in [0.25, 0.3) is 0 Å². The zero-order chi connectivity index (χ0) is 11.6. The Morgan fingerprint density at radius 3 is 2.60 bits per heavy atom. The predicted octanol–water partition coefficient (Wildman–Crippen LogP) is 2.22. The minimum Gasteiger partial charge on any atom is -0.417 e. The molecule has 6 heteroatoms. The minimum atomic E-state index is -1.00. The first-order valence-electron chi connectivity index (χ1n) is 3.96. The molecule has 0 aromatic carbocycles. The molecule has 0 fully saturated rings. The third-order valence-corrected chi connectivity index (χ3v) is 3.23. The number of halogens is 2. The summed E-state index contributed by atoms with van der Waals surface area (Å²) in [5.74, 6) is -0.899. The molecule has 0 aliphatic heterocycles. The topological polar surface area (TPSA) is 56.3 Å². The standard InChI is InChI=1S/C9H7BrClNO3/c1-4-7(10)8(11)9(5(2)12-4)15-6(14)3-13/h3H,1-2H3. The largest absolute Gasteiger partial charge is 0.417 e. The lowest BCUT2D eigenvalue weighted by atomic mass is 10.3. The Kier molecular flexibility index (Phi) is 3.82. The van der Waals surface area contributed by atoms with Gasteiger partial charge in [-0.05, 0) is 29.8 Å². The molecule has 0 unspecified atom stereocenters. The lowest BCUT2D eigenvalue weighted by molar-refractivity contribution is -0.141. The second kappa shape index (κ2) is 4.72. The SMILES string of the molecule is Cc1nc(C)c(OC(=O)C=O)c(Cl)c1Br. The van der Waals surface area contributed by atoms with E-state index in [-0.39, 0.29) is 17.1 Å². The maximum Gasteiger partial charge on any atom is 0.376 e. The van der Waals surface area contributed by atoms with Crippen molar-refractivity contribution in [3.63, 3.8) is 0 Å². The first kappa shape index (κ1) is 12.1. The van der Waals surface area contributed by atoms with E-state index in [2.05, 4.69) is 20.9 Å². The maximum absolute atomic E-state index is 10.8. The van der Waals surface area contributed by atoms with Crippen LogP contribution in [0.2, 0.25) is 5.02 Å². The van der Waals surface area contributed by atoms with Gasteiger partial charge in [0.25, 0.3) is 0 Å². The van der Waals surface area contributed by atoms with Crippen LogP contribution in [0.3, 0.4) is 0 Å². The van der Waals surface area contributed by atoms with Crippen LogP contribution in [0, 0.1) is 13.8 Å². The van der Waals surface area contributed by atoms with E-state index >= 15 is 0 Å². The quantitative estimate of drug-likeness (QED) is 0.476. The Bertz CT molecular complexity index is 434. The monoisotopic (exact) mass is 291 g/mol. The van der Waals surface area contributed by atoms with Crippen LogP contribution in [-0.4, -0.2) is 17.2 Å². The summed E-state index contributed by atoms with van der Waals surface area (Å²) < 4.78 is 5.27. The molecule has 1 aromatic rings. The van der Waals surface area contributed by atoms with Crippen molar-refractivity contribution >= 4 is 39.8 Å². The van der Waals surface area contributed by atoms with Crippen LogP contribution in [0.4, 0.5) is 0 Å². The number of nitrogens with zero attached hydrogens (tertiary/aromatic N) is 1. The number of ether oxygens (including phenoxy) is 1. The van der Waals surface area contributed by atoms with E-state index in [4.69, 9.17) is 16.3 Å². The predicted molar refractivity (Wildman–Crippen MR) is 58.1 cm³/mol. The number of esters is 1. The van der Waals surface area contributed by atoms with Crippen LogP contribution in [0.1, 0.15) is 11.4 Å². The highest BCUT2D eigenvalue weighted by Crippen LogP contribution is 2.35. The van der Waals surface area contributed by atoms with E-state index in [1.807, 2.05) is 0 Å². The average molecular weight is 293 g/mol. The van der Waals surface area contributed by atoms with Gasteiger partial charge in [0.05, 0.1) is 15.9 Å². The highest BCUT2D eigenvalue weighted by Gasteiger charge is 2.16. The van der Waals surface area contributed by atoms with Crippen molar-refractivity contribution in [1.82, 2.24) is 4.98 Å². The van der Waals surface area contributed by atoms with Crippen molar-refractivity contribution in [3.8, 4) is 5.75 Å². The zero-order valence-electron chi connectivity index (χ0n) is 8.01. The first-order chi connectivity index (χ1) is 6.97. The van der Waals surface area contributed by atoms with E-state index in [1.54, 1.807) is 13.8 Å². The van der Waals surface area contributed by atoms with Gasteiger partial charge in [0.1, 0.15) is 5.02 Å². The molecule has 0 atom stereocenters. The summed E-state index contributed by atoms with van der Waals surface area (Å²) in [6.07, 6.45) is 0.0729. The van der Waals surface area contributed by atoms with Gasteiger partial charge in [-0.1, -0.05) is 11.6 Å². The Balaban J connectivity index is 3.23. The van der Waals surface area contributed by atoms with Gasteiger partial charge in [0, 0.05) is 0 Å². The first-order valence-corrected chi connectivity index (χ1v) is 5.13. The number of aryl methyl sites for hydroxylation is 2. The Labute approximate surface area is 99.7 Å². The van der Waals surface area contributed by atoms with Crippen molar-refractivity contribution in [3.05, 3.63) is 20.9 Å². The number of aldehydes is 1. The number of hydrogen-bond donors (Lipinski definition) is 0. The van der Waals surface area contributed by atoms with Crippen molar-refractivity contribution in [2.45, 2.75) is 13.8 Å². The van der Waals surface area contributed by atoms with Gasteiger partial charge in [0.2, 0.25) is 6.29 Å². The molecule has 1 aromatic heterocycles.